The molecule has 3 nitrogen and oxygen atoms in total. The van der Waals surface area contributed by atoms with E-state index in [2.05, 4.69) is 6.92 Å². The van der Waals surface area contributed by atoms with Gasteiger partial charge in [-0.3, -0.25) is 9.59 Å². The Labute approximate surface area is 161 Å². The van der Waals surface area contributed by atoms with Gasteiger partial charge in [-0.05, 0) is 80.5 Å². The lowest BCUT2D eigenvalue weighted by atomic mass is 9.49. The molecule has 0 aromatic rings. The minimum atomic E-state index is -0.127. The van der Waals surface area contributed by atoms with Crippen molar-refractivity contribution in [3.8, 4) is 0 Å². The summed E-state index contributed by atoms with van der Waals surface area (Å²) >= 11 is 0. The van der Waals surface area contributed by atoms with Gasteiger partial charge in [0.15, 0.2) is 0 Å². The molecule has 0 aromatic carbocycles. The largest absolute Gasteiger partial charge is 0.458 e. The lowest BCUT2D eigenvalue weighted by Crippen LogP contribution is -2.54. The van der Waals surface area contributed by atoms with Crippen LogP contribution in [0.1, 0.15) is 77.6 Å². The van der Waals surface area contributed by atoms with Gasteiger partial charge in [0.1, 0.15) is 11.4 Å². The van der Waals surface area contributed by atoms with E-state index in [9.17, 15) is 9.59 Å². The summed E-state index contributed by atoms with van der Waals surface area (Å²) in [5.41, 5.74) is 3.81. The van der Waals surface area contributed by atoms with Crippen LogP contribution in [0.25, 0.3) is 0 Å². The number of ether oxygens (including phenoxy) is 1. The van der Waals surface area contributed by atoms with Gasteiger partial charge in [-0.15, -0.1) is 0 Å². The minimum Gasteiger partial charge on any atom is -0.458 e. The molecule has 5 unspecified atom stereocenters. The molecule has 3 heteroatoms. The van der Waals surface area contributed by atoms with Gasteiger partial charge in [0.2, 0.25) is 0 Å². The van der Waals surface area contributed by atoms with E-state index in [-0.39, 0.29) is 17.0 Å². The Kier molecular flexibility index (Phi) is 2.65. The molecule has 2 spiro atoms. The van der Waals surface area contributed by atoms with Crippen molar-refractivity contribution in [1.82, 2.24) is 0 Å². The quantitative estimate of drug-likeness (QED) is 0.465. The van der Waals surface area contributed by atoms with Crippen molar-refractivity contribution >= 4 is 11.8 Å². The third-order valence-electron chi connectivity index (χ3n) is 10.6. The molecule has 7 aliphatic rings. The lowest BCUT2D eigenvalue weighted by Gasteiger charge is -2.57. The second-order valence-electron chi connectivity index (χ2n) is 11.3. The van der Waals surface area contributed by atoms with Crippen LogP contribution >= 0.6 is 0 Å². The first-order valence-electron chi connectivity index (χ1n) is 11.4. The molecule has 0 N–H and O–H groups in total. The first-order valence-corrected chi connectivity index (χ1v) is 11.4. The van der Waals surface area contributed by atoms with Gasteiger partial charge >= 0.3 is 5.97 Å². The fourth-order valence-electron chi connectivity index (χ4n) is 9.36. The molecule has 0 radical (unpaired) electrons. The maximum Gasteiger partial charge on any atom is 0.306 e. The second-order valence-corrected chi connectivity index (χ2v) is 11.3. The minimum absolute atomic E-state index is 0.0581. The number of Topliss-reactive ketones (excluding diaryl/α,β-unsaturated/α-hetero) is 1. The highest BCUT2D eigenvalue weighted by atomic mass is 16.6. The van der Waals surface area contributed by atoms with Crippen LogP contribution in [0, 0.1) is 40.4 Å². The summed E-state index contributed by atoms with van der Waals surface area (Å²) < 4.78 is 6.21. The Bertz CT molecular complexity index is 819. The van der Waals surface area contributed by atoms with E-state index in [0.717, 1.165) is 49.4 Å². The van der Waals surface area contributed by atoms with Crippen molar-refractivity contribution in [2.45, 2.75) is 83.2 Å². The van der Waals surface area contributed by atoms with Crippen LogP contribution in [-0.4, -0.2) is 17.4 Å². The third-order valence-corrected chi connectivity index (χ3v) is 10.6. The van der Waals surface area contributed by atoms with E-state index in [1.807, 2.05) is 0 Å². The highest BCUT2D eigenvalue weighted by Crippen LogP contribution is 2.80. The van der Waals surface area contributed by atoms with Gasteiger partial charge in [-0.1, -0.05) is 18.1 Å². The second kappa shape index (κ2) is 4.54. The van der Waals surface area contributed by atoms with Gasteiger partial charge in [-0.2, -0.15) is 0 Å². The number of carbonyl (C=O) groups is 2. The van der Waals surface area contributed by atoms with Crippen LogP contribution < -0.4 is 0 Å². The standard InChI is InChI=1S/C24H30O3/c1-22-6-4-14-15-3-2-13(25)10-18(15)23(8-9-23)12-17(14)21(22)16-11-19(16)24(22)7-5-20(26)27-24/h14,16-17,19,21H,2-12H2,1H3/t14?,16?,17?,19?,21?,22-,24-/m0/s1. The average Bonchev–Trinajstić information content (AvgIpc) is 3.54. The number of allylic oxidation sites excluding steroid dienone is 2. The number of ketones is 1. The third kappa shape index (κ3) is 1.69. The van der Waals surface area contributed by atoms with Crippen molar-refractivity contribution in [3.05, 3.63) is 11.1 Å². The van der Waals surface area contributed by atoms with Gasteiger partial charge in [0.25, 0.3) is 0 Å². The van der Waals surface area contributed by atoms with Crippen molar-refractivity contribution in [3.63, 3.8) is 0 Å². The van der Waals surface area contributed by atoms with Crippen molar-refractivity contribution in [2.24, 2.45) is 40.4 Å². The van der Waals surface area contributed by atoms with E-state index in [0.29, 0.717) is 23.5 Å². The highest BCUT2D eigenvalue weighted by molar-refractivity contribution is 5.83. The van der Waals surface area contributed by atoms with Gasteiger partial charge in [-0.25, -0.2) is 0 Å². The fraction of sp³-hybridized carbons (Fsp3) is 0.833. The molecular formula is C24H30O3. The Morgan fingerprint density at radius 3 is 2.59 bits per heavy atom. The van der Waals surface area contributed by atoms with Crippen LogP contribution in [0.15, 0.2) is 11.1 Å². The number of rotatable bonds is 0. The van der Waals surface area contributed by atoms with Crippen molar-refractivity contribution < 1.29 is 14.3 Å². The predicted molar refractivity (Wildman–Crippen MR) is 99.6 cm³/mol. The summed E-state index contributed by atoms with van der Waals surface area (Å²) in [6.07, 6.45) is 12.0. The fourth-order valence-corrected chi connectivity index (χ4v) is 9.36. The number of carbonyl (C=O) groups excluding carboxylic acids is 2. The number of esters is 1. The number of hydrogen-bond donors (Lipinski definition) is 0. The van der Waals surface area contributed by atoms with Gasteiger partial charge in [0, 0.05) is 30.6 Å². The van der Waals surface area contributed by atoms with Gasteiger partial charge < -0.3 is 4.74 Å². The molecule has 1 heterocycles. The molecule has 1 saturated heterocycles. The van der Waals surface area contributed by atoms with Crippen molar-refractivity contribution in [2.75, 3.05) is 0 Å². The molecule has 144 valence electrons. The van der Waals surface area contributed by atoms with Crippen LogP contribution in [0.3, 0.4) is 0 Å². The van der Waals surface area contributed by atoms with E-state index < -0.39 is 0 Å². The maximum atomic E-state index is 12.2. The molecule has 4 saturated carbocycles. The Morgan fingerprint density at radius 1 is 1.00 bits per heavy atom. The molecule has 1 aliphatic heterocycles. The SMILES string of the molecule is C[C@]12CCC3C4=C(CC(=O)CC4)C4(CC4)CC3C1C1CC1[C@@]21CCC(=O)O1. The van der Waals surface area contributed by atoms with Crippen LogP contribution in [0.5, 0.6) is 0 Å². The zero-order valence-corrected chi connectivity index (χ0v) is 16.4. The molecule has 0 aromatic heterocycles. The summed E-state index contributed by atoms with van der Waals surface area (Å²) in [7, 11) is 0. The molecule has 5 fully saturated rings. The van der Waals surface area contributed by atoms with Crippen LogP contribution in [0.4, 0.5) is 0 Å². The lowest BCUT2D eigenvalue weighted by molar-refractivity contribution is -0.172. The predicted octanol–water partition coefficient (Wildman–Crippen LogP) is 4.59. The molecule has 27 heavy (non-hydrogen) atoms. The molecule has 6 aliphatic carbocycles. The topological polar surface area (TPSA) is 43.4 Å². The smallest absolute Gasteiger partial charge is 0.306 e. The summed E-state index contributed by atoms with van der Waals surface area (Å²) in [5.74, 6) is 4.25. The van der Waals surface area contributed by atoms with Crippen LogP contribution in [-0.2, 0) is 14.3 Å². The van der Waals surface area contributed by atoms with Crippen molar-refractivity contribution in [1.29, 1.82) is 0 Å². The summed E-state index contributed by atoms with van der Waals surface area (Å²) in [4.78, 5) is 24.3. The molecular weight excluding hydrogens is 336 g/mol. The van der Waals surface area contributed by atoms with Crippen LogP contribution in [0.2, 0.25) is 0 Å². The summed E-state index contributed by atoms with van der Waals surface area (Å²) in [5, 5.41) is 0. The molecule has 0 amide bonds. The van der Waals surface area contributed by atoms with Gasteiger partial charge in [0.05, 0.1) is 0 Å². The summed E-state index contributed by atoms with van der Waals surface area (Å²) in [6, 6.07) is 0. The Morgan fingerprint density at radius 2 is 1.85 bits per heavy atom. The number of hydrogen-bond acceptors (Lipinski definition) is 3. The van der Waals surface area contributed by atoms with E-state index in [1.165, 1.54) is 38.5 Å². The number of fused-ring (bicyclic) bond motifs is 9. The monoisotopic (exact) mass is 366 g/mol. The first-order chi connectivity index (χ1) is 13.0. The first kappa shape index (κ1) is 15.8. The Hall–Kier alpha value is -1.12. The zero-order valence-electron chi connectivity index (χ0n) is 16.4. The molecule has 0 bridgehead atoms. The maximum absolute atomic E-state index is 12.2. The zero-order chi connectivity index (χ0) is 18.2. The van der Waals surface area contributed by atoms with E-state index >= 15 is 0 Å². The molecule has 7 rings (SSSR count). The summed E-state index contributed by atoms with van der Waals surface area (Å²) in [6.45, 7) is 2.49. The Balaban J connectivity index is 1.32. The van der Waals surface area contributed by atoms with E-state index in [1.54, 1.807) is 11.1 Å². The molecule has 7 atom stereocenters. The normalized spacial score (nSPS) is 53.7. The highest BCUT2D eigenvalue weighted by Gasteiger charge is 2.79. The van der Waals surface area contributed by atoms with E-state index in [4.69, 9.17) is 4.74 Å². The average molecular weight is 367 g/mol.